The standard InChI is InChI=1S/C21H20O6/c1-3-12-26-19-11-5-15(13-20(19)25-2)4-10-18(22)16-6-8-17(9-7-16)27-14-21(23)24/h3-11,13H,1,12,14H2,2H3,(H,23,24)/b10-4+. The zero-order chi connectivity index (χ0) is 19.6. The van der Waals surface area contributed by atoms with Crippen LogP contribution >= 0.6 is 0 Å². The highest BCUT2D eigenvalue weighted by molar-refractivity contribution is 6.06. The van der Waals surface area contributed by atoms with Gasteiger partial charge in [-0.05, 0) is 48.0 Å². The minimum atomic E-state index is -1.06. The average Bonchev–Trinajstić information content (AvgIpc) is 2.69. The Labute approximate surface area is 157 Å². The number of carbonyl (C=O) groups excluding carboxylic acids is 1. The van der Waals surface area contributed by atoms with Crippen molar-refractivity contribution in [3.8, 4) is 17.2 Å². The summed E-state index contributed by atoms with van der Waals surface area (Å²) >= 11 is 0. The molecule has 0 aliphatic heterocycles. The van der Waals surface area contributed by atoms with Gasteiger partial charge in [0.2, 0.25) is 0 Å². The van der Waals surface area contributed by atoms with Gasteiger partial charge in [0.25, 0.3) is 0 Å². The van der Waals surface area contributed by atoms with E-state index in [1.54, 1.807) is 55.7 Å². The van der Waals surface area contributed by atoms with Gasteiger partial charge in [0, 0.05) is 5.56 Å². The lowest BCUT2D eigenvalue weighted by molar-refractivity contribution is -0.139. The summed E-state index contributed by atoms with van der Waals surface area (Å²) in [6, 6.07) is 11.6. The Balaban J connectivity index is 2.05. The summed E-state index contributed by atoms with van der Waals surface area (Å²) in [5, 5.41) is 8.58. The summed E-state index contributed by atoms with van der Waals surface area (Å²) in [6.45, 7) is 3.54. The van der Waals surface area contributed by atoms with E-state index in [0.29, 0.717) is 29.4 Å². The molecule has 0 amide bonds. The minimum absolute atomic E-state index is 0.189. The van der Waals surface area contributed by atoms with Gasteiger partial charge in [-0.25, -0.2) is 4.79 Å². The summed E-state index contributed by atoms with van der Waals surface area (Å²) < 4.78 is 15.8. The van der Waals surface area contributed by atoms with Gasteiger partial charge in [0.1, 0.15) is 12.4 Å². The van der Waals surface area contributed by atoms with Gasteiger partial charge in [0.05, 0.1) is 7.11 Å². The first-order valence-electron chi connectivity index (χ1n) is 8.12. The lowest BCUT2D eigenvalue weighted by Gasteiger charge is -2.09. The van der Waals surface area contributed by atoms with Crippen molar-refractivity contribution in [2.45, 2.75) is 0 Å². The molecular formula is C21H20O6. The number of ketones is 1. The van der Waals surface area contributed by atoms with Crippen LogP contribution < -0.4 is 14.2 Å². The van der Waals surface area contributed by atoms with Crippen molar-refractivity contribution < 1.29 is 28.9 Å². The second-order valence-electron chi connectivity index (χ2n) is 5.41. The van der Waals surface area contributed by atoms with Crippen molar-refractivity contribution in [3.63, 3.8) is 0 Å². The monoisotopic (exact) mass is 368 g/mol. The summed E-state index contributed by atoms with van der Waals surface area (Å²) in [5.74, 6) is 0.294. The number of carboxylic acid groups (broad SMARTS) is 1. The van der Waals surface area contributed by atoms with E-state index >= 15 is 0 Å². The maximum absolute atomic E-state index is 12.3. The molecule has 0 aliphatic carbocycles. The Bertz CT molecular complexity index is 836. The molecule has 2 aromatic rings. The molecule has 6 heteroatoms. The van der Waals surface area contributed by atoms with E-state index < -0.39 is 12.6 Å². The Morgan fingerprint density at radius 2 is 1.81 bits per heavy atom. The van der Waals surface area contributed by atoms with Gasteiger partial charge in [-0.1, -0.05) is 24.8 Å². The fraction of sp³-hybridized carbons (Fsp3) is 0.143. The molecule has 0 spiro atoms. The van der Waals surface area contributed by atoms with E-state index in [1.807, 2.05) is 6.07 Å². The predicted octanol–water partition coefficient (Wildman–Crippen LogP) is 3.62. The fourth-order valence-electron chi connectivity index (χ4n) is 2.18. The van der Waals surface area contributed by atoms with Crippen molar-refractivity contribution >= 4 is 17.8 Å². The maximum atomic E-state index is 12.3. The van der Waals surface area contributed by atoms with Gasteiger partial charge in [-0.3, -0.25) is 4.79 Å². The van der Waals surface area contributed by atoms with Gasteiger partial charge < -0.3 is 19.3 Å². The number of methoxy groups -OCH3 is 1. The predicted molar refractivity (Wildman–Crippen MR) is 102 cm³/mol. The molecule has 1 N–H and O–H groups in total. The summed E-state index contributed by atoms with van der Waals surface area (Å²) in [7, 11) is 1.54. The number of hydrogen-bond acceptors (Lipinski definition) is 5. The van der Waals surface area contributed by atoms with E-state index in [2.05, 4.69) is 6.58 Å². The third-order valence-electron chi connectivity index (χ3n) is 3.47. The molecule has 0 radical (unpaired) electrons. The summed E-state index contributed by atoms with van der Waals surface area (Å²) in [4.78, 5) is 22.7. The van der Waals surface area contributed by atoms with Gasteiger partial charge >= 0.3 is 5.97 Å². The van der Waals surface area contributed by atoms with Crippen LogP contribution in [-0.2, 0) is 4.79 Å². The van der Waals surface area contributed by atoms with Gasteiger partial charge in [-0.2, -0.15) is 0 Å². The number of hydrogen-bond donors (Lipinski definition) is 1. The fourth-order valence-corrected chi connectivity index (χ4v) is 2.18. The smallest absolute Gasteiger partial charge is 0.341 e. The van der Waals surface area contributed by atoms with E-state index in [-0.39, 0.29) is 5.78 Å². The Kier molecular flexibility index (Phi) is 7.19. The van der Waals surface area contributed by atoms with Crippen LogP contribution in [0.3, 0.4) is 0 Å². The highest BCUT2D eigenvalue weighted by Gasteiger charge is 2.06. The molecule has 0 unspecified atom stereocenters. The van der Waals surface area contributed by atoms with Crippen LogP contribution in [0.4, 0.5) is 0 Å². The quantitative estimate of drug-likeness (QED) is 0.392. The third kappa shape index (κ3) is 6.04. The van der Waals surface area contributed by atoms with E-state index in [4.69, 9.17) is 19.3 Å². The number of allylic oxidation sites excluding steroid dienone is 1. The molecule has 0 fully saturated rings. The molecule has 140 valence electrons. The van der Waals surface area contributed by atoms with Crippen LogP contribution in [0.25, 0.3) is 6.08 Å². The largest absolute Gasteiger partial charge is 0.493 e. The second kappa shape index (κ2) is 9.82. The average molecular weight is 368 g/mol. The number of aliphatic carboxylic acids is 1. The highest BCUT2D eigenvalue weighted by Crippen LogP contribution is 2.28. The number of carboxylic acids is 1. The third-order valence-corrected chi connectivity index (χ3v) is 3.47. The molecule has 0 saturated carbocycles. The van der Waals surface area contributed by atoms with Crippen LogP contribution in [0, 0.1) is 0 Å². The van der Waals surface area contributed by atoms with Crippen LogP contribution in [0.2, 0.25) is 0 Å². The molecule has 0 atom stereocenters. The Morgan fingerprint density at radius 3 is 2.44 bits per heavy atom. The molecule has 2 rings (SSSR count). The van der Waals surface area contributed by atoms with Crippen LogP contribution in [0.1, 0.15) is 15.9 Å². The zero-order valence-corrected chi connectivity index (χ0v) is 14.9. The SMILES string of the molecule is C=CCOc1ccc(/C=C/C(=O)c2ccc(OCC(=O)O)cc2)cc1OC. The molecule has 0 bridgehead atoms. The molecule has 27 heavy (non-hydrogen) atoms. The van der Waals surface area contributed by atoms with E-state index in [9.17, 15) is 9.59 Å². The number of rotatable bonds is 10. The van der Waals surface area contributed by atoms with Crippen molar-refractivity contribution in [3.05, 3.63) is 72.3 Å². The number of benzene rings is 2. The first kappa shape index (κ1) is 19.8. The molecular weight excluding hydrogens is 348 g/mol. The van der Waals surface area contributed by atoms with E-state index in [0.717, 1.165) is 5.56 Å². The molecule has 0 aliphatic rings. The first-order valence-corrected chi connectivity index (χ1v) is 8.12. The lowest BCUT2D eigenvalue weighted by Crippen LogP contribution is -2.09. The zero-order valence-electron chi connectivity index (χ0n) is 14.9. The van der Waals surface area contributed by atoms with E-state index in [1.165, 1.54) is 6.08 Å². The molecule has 0 aromatic heterocycles. The van der Waals surface area contributed by atoms with Crippen molar-refractivity contribution in [2.75, 3.05) is 20.3 Å². The number of carbonyl (C=O) groups is 2. The molecule has 2 aromatic carbocycles. The summed E-state index contributed by atoms with van der Waals surface area (Å²) in [6.07, 6.45) is 4.77. The first-order chi connectivity index (χ1) is 13.0. The normalized spacial score (nSPS) is 10.4. The maximum Gasteiger partial charge on any atom is 0.341 e. The Hall–Kier alpha value is -3.54. The van der Waals surface area contributed by atoms with Crippen LogP contribution in [-0.4, -0.2) is 37.2 Å². The van der Waals surface area contributed by atoms with Crippen molar-refractivity contribution in [1.82, 2.24) is 0 Å². The second-order valence-corrected chi connectivity index (χ2v) is 5.41. The van der Waals surface area contributed by atoms with Crippen LogP contribution in [0.5, 0.6) is 17.2 Å². The van der Waals surface area contributed by atoms with Crippen molar-refractivity contribution in [1.29, 1.82) is 0 Å². The van der Waals surface area contributed by atoms with Crippen LogP contribution in [0.15, 0.2) is 61.2 Å². The minimum Gasteiger partial charge on any atom is -0.493 e. The van der Waals surface area contributed by atoms with Gasteiger partial charge in [0.15, 0.2) is 23.9 Å². The summed E-state index contributed by atoms with van der Waals surface area (Å²) in [5.41, 5.74) is 1.25. The molecule has 6 nitrogen and oxygen atoms in total. The lowest BCUT2D eigenvalue weighted by atomic mass is 10.1. The Morgan fingerprint density at radius 1 is 1.07 bits per heavy atom. The van der Waals surface area contributed by atoms with Gasteiger partial charge in [-0.15, -0.1) is 0 Å². The van der Waals surface area contributed by atoms with Crippen molar-refractivity contribution in [2.24, 2.45) is 0 Å². The topological polar surface area (TPSA) is 82.1 Å². The molecule has 0 saturated heterocycles. The molecule has 0 heterocycles. The highest BCUT2D eigenvalue weighted by atomic mass is 16.5. The number of ether oxygens (including phenoxy) is 3.